The van der Waals surface area contributed by atoms with Crippen LogP contribution in [0.15, 0.2) is 9.59 Å². The molecule has 0 radical (unpaired) electrons. The largest absolute Gasteiger partial charge is 0.339 e. The molecule has 1 aliphatic heterocycles. The van der Waals surface area contributed by atoms with Crippen molar-refractivity contribution in [1.82, 2.24) is 4.90 Å². The first-order valence-corrected chi connectivity index (χ1v) is 7.74. The van der Waals surface area contributed by atoms with E-state index >= 15 is 0 Å². The Balaban J connectivity index is 2.34. The Bertz CT molecular complexity index is 542. The summed E-state index contributed by atoms with van der Waals surface area (Å²) >= 11 is 1.01. The van der Waals surface area contributed by atoms with Gasteiger partial charge >= 0.3 is 0 Å². The molecule has 17 heavy (non-hydrogen) atoms. The zero-order valence-electron chi connectivity index (χ0n) is 9.47. The van der Waals surface area contributed by atoms with Crippen molar-refractivity contribution in [3.05, 3.63) is 16.5 Å². The lowest BCUT2D eigenvalue weighted by Crippen LogP contribution is -2.27. The quantitative estimate of drug-likeness (QED) is 0.871. The molecule has 0 unspecified atom stereocenters. The molecule has 1 aromatic rings. The van der Waals surface area contributed by atoms with Crippen molar-refractivity contribution in [1.29, 1.82) is 0 Å². The molecule has 0 spiro atoms. The zero-order chi connectivity index (χ0) is 12.6. The molecular formula is C10H14N2O3S2. The monoisotopic (exact) mass is 274 g/mol. The van der Waals surface area contributed by atoms with Gasteiger partial charge in [-0.15, -0.1) is 11.3 Å². The van der Waals surface area contributed by atoms with Crippen molar-refractivity contribution in [2.45, 2.75) is 24.0 Å². The summed E-state index contributed by atoms with van der Waals surface area (Å²) in [6, 6.07) is 0. The van der Waals surface area contributed by atoms with Crippen molar-refractivity contribution in [3.8, 4) is 0 Å². The number of sulfonamides is 1. The predicted molar refractivity (Wildman–Crippen MR) is 65.6 cm³/mol. The van der Waals surface area contributed by atoms with Gasteiger partial charge in [-0.1, -0.05) is 0 Å². The van der Waals surface area contributed by atoms with Crippen LogP contribution in [-0.2, 0) is 10.0 Å². The topological polar surface area (TPSA) is 80.5 Å². The van der Waals surface area contributed by atoms with Crippen molar-refractivity contribution >= 4 is 27.3 Å². The van der Waals surface area contributed by atoms with E-state index in [9.17, 15) is 13.2 Å². The lowest BCUT2D eigenvalue weighted by atomic mass is 10.2. The van der Waals surface area contributed by atoms with Crippen molar-refractivity contribution in [3.63, 3.8) is 0 Å². The van der Waals surface area contributed by atoms with Gasteiger partial charge in [-0.25, -0.2) is 13.6 Å². The Hall–Kier alpha value is -0.920. The number of likely N-dealkylation sites (tertiary alicyclic amines) is 1. The van der Waals surface area contributed by atoms with Gasteiger partial charge in [-0.2, -0.15) is 0 Å². The van der Waals surface area contributed by atoms with E-state index in [4.69, 9.17) is 5.14 Å². The van der Waals surface area contributed by atoms with Crippen LogP contribution in [0, 0.1) is 6.92 Å². The highest BCUT2D eigenvalue weighted by Gasteiger charge is 2.25. The van der Waals surface area contributed by atoms with E-state index in [2.05, 4.69) is 0 Å². The molecule has 0 aliphatic carbocycles. The molecule has 0 bridgehead atoms. The van der Waals surface area contributed by atoms with Crippen molar-refractivity contribution in [2.24, 2.45) is 5.14 Å². The van der Waals surface area contributed by atoms with Crippen LogP contribution in [0.3, 0.4) is 0 Å². The lowest BCUT2D eigenvalue weighted by molar-refractivity contribution is 0.0792. The second-order valence-electron chi connectivity index (χ2n) is 4.11. The van der Waals surface area contributed by atoms with Crippen LogP contribution in [-0.4, -0.2) is 32.3 Å². The third-order valence-electron chi connectivity index (χ3n) is 2.88. The molecule has 1 aromatic heterocycles. The number of carbonyl (C=O) groups excluding carboxylic acids is 1. The van der Waals surface area contributed by atoms with Crippen LogP contribution in [0.2, 0.25) is 0 Å². The maximum Gasteiger partial charge on any atom is 0.255 e. The van der Waals surface area contributed by atoms with Gasteiger partial charge in [0.1, 0.15) is 4.21 Å². The van der Waals surface area contributed by atoms with Gasteiger partial charge in [0.2, 0.25) is 10.0 Å². The van der Waals surface area contributed by atoms with E-state index in [0.29, 0.717) is 11.1 Å². The normalized spacial score (nSPS) is 16.5. The molecule has 0 saturated carbocycles. The van der Waals surface area contributed by atoms with Crippen molar-refractivity contribution < 1.29 is 13.2 Å². The number of carbonyl (C=O) groups is 1. The lowest BCUT2D eigenvalue weighted by Gasteiger charge is -2.14. The summed E-state index contributed by atoms with van der Waals surface area (Å²) in [6.07, 6.45) is 2.02. The summed E-state index contributed by atoms with van der Waals surface area (Å²) in [4.78, 5) is 13.9. The van der Waals surface area contributed by atoms with Gasteiger partial charge in [-0.3, -0.25) is 4.79 Å². The van der Waals surface area contributed by atoms with Crippen LogP contribution < -0.4 is 5.14 Å². The van der Waals surface area contributed by atoms with Crippen LogP contribution in [0.4, 0.5) is 0 Å². The van der Waals surface area contributed by atoms with Crippen LogP contribution >= 0.6 is 11.3 Å². The SMILES string of the molecule is Cc1c(C(=O)N2CCCC2)csc1S(N)(=O)=O. The summed E-state index contributed by atoms with van der Waals surface area (Å²) in [7, 11) is -3.72. The number of thiophene rings is 1. The highest BCUT2D eigenvalue weighted by atomic mass is 32.2. The molecule has 1 saturated heterocycles. The molecule has 2 heterocycles. The standard InChI is InChI=1S/C10H14N2O3S2/c1-7-8(6-16-10(7)17(11,14)15)9(13)12-4-2-3-5-12/h6H,2-5H2,1H3,(H2,11,14,15). The summed E-state index contributed by atoms with van der Waals surface area (Å²) in [5.74, 6) is -0.0915. The fourth-order valence-corrected chi connectivity index (χ4v) is 3.99. The first-order valence-electron chi connectivity index (χ1n) is 5.31. The molecule has 0 aromatic carbocycles. The molecule has 94 valence electrons. The first-order chi connectivity index (χ1) is 7.91. The Morgan fingerprint density at radius 2 is 2.00 bits per heavy atom. The van der Waals surface area contributed by atoms with E-state index in [1.807, 2.05) is 0 Å². The summed E-state index contributed by atoms with van der Waals surface area (Å²) < 4.78 is 22.6. The number of amides is 1. The molecule has 5 nitrogen and oxygen atoms in total. The third kappa shape index (κ3) is 2.36. The molecule has 1 aliphatic rings. The molecule has 2 N–H and O–H groups in total. The molecule has 2 rings (SSSR count). The summed E-state index contributed by atoms with van der Waals surface area (Å²) in [5.41, 5.74) is 0.926. The predicted octanol–water partition coefficient (Wildman–Crippen LogP) is 0.940. The van der Waals surface area contributed by atoms with E-state index in [0.717, 1.165) is 37.3 Å². The minimum absolute atomic E-state index is 0.0834. The highest BCUT2D eigenvalue weighted by Crippen LogP contribution is 2.27. The first kappa shape index (κ1) is 12.5. The van der Waals surface area contributed by atoms with Gasteiger partial charge < -0.3 is 4.90 Å². The average Bonchev–Trinajstić information content (AvgIpc) is 2.83. The van der Waals surface area contributed by atoms with E-state index < -0.39 is 10.0 Å². The zero-order valence-corrected chi connectivity index (χ0v) is 11.1. The van der Waals surface area contributed by atoms with E-state index in [1.165, 1.54) is 0 Å². The number of nitrogens with zero attached hydrogens (tertiary/aromatic N) is 1. The number of rotatable bonds is 2. The number of hydrogen-bond donors (Lipinski definition) is 1. The maximum absolute atomic E-state index is 12.1. The van der Waals surface area contributed by atoms with Gasteiger partial charge in [0, 0.05) is 18.5 Å². The maximum atomic E-state index is 12.1. The molecule has 1 fully saturated rings. The summed E-state index contributed by atoms with van der Waals surface area (Å²) in [5, 5.41) is 6.66. The van der Waals surface area contributed by atoms with Gasteiger partial charge in [0.05, 0.1) is 5.56 Å². The number of nitrogens with two attached hydrogens (primary N) is 1. The van der Waals surface area contributed by atoms with Gasteiger partial charge in [0.15, 0.2) is 0 Å². The highest BCUT2D eigenvalue weighted by molar-refractivity contribution is 7.91. The van der Waals surface area contributed by atoms with E-state index in [1.54, 1.807) is 17.2 Å². The fraction of sp³-hybridized carbons (Fsp3) is 0.500. The Morgan fingerprint density at radius 3 is 2.47 bits per heavy atom. The summed E-state index contributed by atoms with van der Waals surface area (Å²) in [6.45, 7) is 3.12. The van der Waals surface area contributed by atoms with Gasteiger partial charge in [-0.05, 0) is 25.3 Å². The van der Waals surface area contributed by atoms with Gasteiger partial charge in [0.25, 0.3) is 5.91 Å². The number of primary sulfonamides is 1. The second-order valence-corrected chi connectivity index (χ2v) is 6.74. The average molecular weight is 274 g/mol. The molecule has 1 amide bonds. The van der Waals surface area contributed by atoms with Crippen LogP contribution in [0.5, 0.6) is 0 Å². The van der Waals surface area contributed by atoms with Crippen LogP contribution in [0.25, 0.3) is 0 Å². The fourth-order valence-electron chi connectivity index (χ4n) is 1.98. The second kappa shape index (κ2) is 4.40. The minimum Gasteiger partial charge on any atom is -0.339 e. The smallest absolute Gasteiger partial charge is 0.255 e. The van der Waals surface area contributed by atoms with Crippen LogP contribution in [0.1, 0.15) is 28.8 Å². The third-order valence-corrected chi connectivity index (χ3v) is 5.56. The number of hydrogen-bond acceptors (Lipinski definition) is 4. The molecular weight excluding hydrogens is 260 g/mol. The minimum atomic E-state index is -3.72. The Morgan fingerprint density at radius 1 is 1.41 bits per heavy atom. The van der Waals surface area contributed by atoms with E-state index in [-0.39, 0.29) is 10.1 Å². The van der Waals surface area contributed by atoms with Crippen molar-refractivity contribution in [2.75, 3.05) is 13.1 Å². The molecule has 0 atom stereocenters. The Kier molecular flexibility index (Phi) is 3.24. The Labute approximate surface area is 104 Å². The molecule has 7 heteroatoms.